The molecule has 0 radical (unpaired) electrons. The highest BCUT2D eigenvalue weighted by molar-refractivity contribution is 5.27. The lowest BCUT2D eigenvalue weighted by Crippen LogP contribution is -2.59. The first-order valence-electron chi connectivity index (χ1n) is 5.69. The van der Waals surface area contributed by atoms with Crippen LogP contribution in [0.4, 0.5) is 0 Å². The molecular formula is C13H19NO2. The van der Waals surface area contributed by atoms with Crippen molar-refractivity contribution < 1.29 is 9.47 Å². The molecule has 0 bridgehead atoms. The van der Waals surface area contributed by atoms with E-state index in [1.54, 1.807) is 7.11 Å². The summed E-state index contributed by atoms with van der Waals surface area (Å²) in [4.78, 5) is 0. The number of rotatable bonds is 5. The minimum Gasteiger partial charge on any atom is -0.497 e. The predicted octanol–water partition coefficient (Wildman–Crippen LogP) is 1.62. The van der Waals surface area contributed by atoms with Gasteiger partial charge in [0.25, 0.3) is 0 Å². The van der Waals surface area contributed by atoms with Crippen molar-refractivity contribution in [2.75, 3.05) is 26.8 Å². The van der Waals surface area contributed by atoms with E-state index in [-0.39, 0.29) is 5.60 Å². The summed E-state index contributed by atoms with van der Waals surface area (Å²) < 4.78 is 10.9. The summed E-state index contributed by atoms with van der Waals surface area (Å²) in [5, 5.41) is 3.22. The molecule has 0 aliphatic carbocycles. The second-order valence-electron chi connectivity index (χ2n) is 4.50. The molecule has 88 valence electrons. The molecule has 3 nitrogen and oxygen atoms in total. The monoisotopic (exact) mass is 221 g/mol. The van der Waals surface area contributed by atoms with E-state index in [9.17, 15) is 0 Å². The smallest absolute Gasteiger partial charge is 0.118 e. The van der Waals surface area contributed by atoms with Crippen LogP contribution in [-0.4, -0.2) is 32.4 Å². The van der Waals surface area contributed by atoms with Gasteiger partial charge in [-0.1, -0.05) is 12.1 Å². The van der Waals surface area contributed by atoms with Gasteiger partial charge in [0.05, 0.1) is 19.3 Å². The molecule has 0 atom stereocenters. The van der Waals surface area contributed by atoms with Gasteiger partial charge < -0.3 is 14.8 Å². The fourth-order valence-corrected chi connectivity index (χ4v) is 1.79. The van der Waals surface area contributed by atoms with Crippen molar-refractivity contribution in [3.8, 4) is 5.75 Å². The zero-order chi connectivity index (χ0) is 11.4. The molecular weight excluding hydrogens is 202 g/mol. The van der Waals surface area contributed by atoms with E-state index in [0.29, 0.717) is 0 Å². The number of hydrogen-bond acceptors (Lipinski definition) is 3. The van der Waals surface area contributed by atoms with Gasteiger partial charge in [-0.15, -0.1) is 0 Å². The summed E-state index contributed by atoms with van der Waals surface area (Å²) in [6, 6.07) is 8.15. The van der Waals surface area contributed by atoms with Gasteiger partial charge in [-0.25, -0.2) is 0 Å². The molecule has 0 amide bonds. The third-order valence-electron chi connectivity index (χ3n) is 3.00. The minimum atomic E-state index is 0.0620. The summed E-state index contributed by atoms with van der Waals surface area (Å²) in [7, 11) is 1.68. The lowest BCUT2D eigenvalue weighted by molar-refractivity contribution is -0.0652. The van der Waals surface area contributed by atoms with Gasteiger partial charge in [0, 0.05) is 13.1 Å². The van der Waals surface area contributed by atoms with Crippen LogP contribution in [0.15, 0.2) is 24.3 Å². The molecule has 16 heavy (non-hydrogen) atoms. The molecule has 1 saturated heterocycles. The maximum Gasteiger partial charge on any atom is 0.118 e. The van der Waals surface area contributed by atoms with E-state index < -0.39 is 0 Å². The molecule has 0 unspecified atom stereocenters. The molecule has 0 spiro atoms. The zero-order valence-electron chi connectivity index (χ0n) is 9.95. The molecule has 1 fully saturated rings. The van der Waals surface area contributed by atoms with Gasteiger partial charge in [-0.2, -0.15) is 0 Å². The average molecular weight is 221 g/mol. The molecule has 1 aliphatic rings. The van der Waals surface area contributed by atoms with Gasteiger partial charge in [-0.3, -0.25) is 0 Å². The van der Waals surface area contributed by atoms with Gasteiger partial charge >= 0.3 is 0 Å². The van der Waals surface area contributed by atoms with E-state index in [4.69, 9.17) is 9.47 Å². The number of hydrogen-bond donors (Lipinski definition) is 1. The molecule has 1 N–H and O–H groups in total. The fraction of sp³-hybridized carbons (Fsp3) is 0.538. The Hall–Kier alpha value is -1.06. The molecule has 0 saturated carbocycles. The van der Waals surface area contributed by atoms with Crippen molar-refractivity contribution in [2.45, 2.75) is 18.9 Å². The highest BCUT2D eigenvalue weighted by atomic mass is 16.5. The van der Waals surface area contributed by atoms with E-state index >= 15 is 0 Å². The number of methoxy groups -OCH3 is 1. The van der Waals surface area contributed by atoms with Gasteiger partial charge in [-0.05, 0) is 31.0 Å². The molecule has 1 aromatic rings. The van der Waals surface area contributed by atoms with Crippen LogP contribution < -0.4 is 10.1 Å². The van der Waals surface area contributed by atoms with Crippen LogP contribution >= 0.6 is 0 Å². The van der Waals surface area contributed by atoms with Crippen LogP contribution in [0.25, 0.3) is 0 Å². The second-order valence-corrected chi connectivity index (χ2v) is 4.50. The van der Waals surface area contributed by atoms with Crippen molar-refractivity contribution in [2.24, 2.45) is 0 Å². The Balaban J connectivity index is 1.76. The standard InChI is InChI=1S/C13H19NO2/c1-13(9-14-10-13)16-8-7-11-3-5-12(15-2)6-4-11/h3-6,14H,7-10H2,1-2H3. The van der Waals surface area contributed by atoms with E-state index in [1.165, 1.54) is 5.56 Å². The predicted molar refractivity (Wildman–Crippen MR) is 63.9 cm³/mol. The minimum absolute atomic E-state index is 0.0620. The number of ether oxygens (including phenoxy) is 2. The lowest BCUT2D eigenvalue weighted by atomic mass is 10.00. The SMILES string of the molecule is COc1ccc(CCOC2(C)CNC2)cc1. The van der Waals surface area contributed by atoms with Gasteiger partial charge in [0.2, 0.25) is 0 Å². The Labute approximate surface area is 96.8 Å². The summed E-state index contributed by atoms with van der Waals surface area (Å²) in [6.07, 6.45) is 0.958. The van der Waals surface area contributed by atoms with E-state index in [2.05, 4.69) is 24.4 Å². The van der Waals surface area contributed by atoms with E-state index in [0.717, 1.165) is 31.9 Å². The van der Waals surface area contributed by atoms with Crippen LogP contribution in [0, 0.1) is 0 Å². The van der Waals surface area contributed by atoms with Gasteiger partial charge in [0.15, 0.2) is 0 Å². The largest absolute Gasteiger partial charge is 0.497 e. The second kappa shape index (κ2) is 4.85. The van der Waals surface area contributed by atoms with Crippen molar-refractivity contribution in [1.29, 1.82) is 0 Å². The molecule has 2 rings (SSSR count). The summed E-state index contributed by atoms with van der Waals surface area (Å²) in [6.45, 7) is 4.87. The van der Waals surface area contributed by atoms with E-state index in [1.807, 2.05) is 12.1 Å². The Morgan fingerprint density at radius 1 is 1.25 bits per heavy atom. The number of benzene rings is 1. The third kappa shape index (κ3) is 2.74. The highest BCUT2D eigenvalue weighted by Crippen LogP contribution is 2.16. The highest BCUT2D eigenvalue weighted by Gasteiger charge is 2.31. The quantitative estimate of drug-likeness (QED) is 0.819. The first-order valence-corrected chi connectivity index (χ1v) is 5.69. The maximum atomic E-state index is 5.83. The third-order valence-corrected chi connectivity index (χ3v) is 3.00. The zero-order valence-corrected chi connectivity index (χ0v) is 9.95. The first-order chi connectivity index (χ1) is 7.72. The van der Waals surface area contributed by atoms with Crippen molar-refractivity contribution in [3.05, 3.63) is 29.8 Å². The molecule has 0 aromatic heterocycles. The van der Waals surface area contributed by atoms with Crippen LogP contribution in [0.3, 0.4) is 0 Å². The summed E-state index contributed by atoms with van der Waals surface area (Å²) >= 11 is 0. The lowest BCUT2D eigenvalue weighted by Gasteiger charge is -2.39. The normalized spacial score (nSPS) is 17.9. The fourth-order valence-electron chi connectivity index (χ4n) is 1.79. The van der Waals surface area contributed by atoms with Crippen molar-refractivity contribution in [1.82, 2.24) is 5.32 Å². The number of nitrogens with one attached hydrogen (secondary N) is 1. The van der Waals surface area contributed by atoms with Crippen LogP contribution in [0.5, 0.6) is 5.75 Å². The van der Waals surface area contributed by atoms with Crippen molar-refractivity contribution in [3.63, 3.8) is 0 Å². The maximum absolute atomic E-state index is 5.83. The van der Waals surface area contributed by atoms with Crippen LogP contribution in [0.2, 0.25) is 0 Å². The summed E-state index contributed by atoms with van der Waals surface area (Å²) in [5.41, 5.74) is 1.35. The van der Waals surface area contributed by atoms with Crippen LogP contribution in [0.1, 0.15) is 12.5 Å². The van der Waals surface area contributed by atoms with Crippen LogP contribution in [-0.2, 0) is 11.2 Å². The summed E-state index contributed by atoms with van der Waals surface area (Å²) in [5.74, 6) is 0.903. The van der Waals surface area contributed by atoms with Gasteiger partial charge in [0.1, 0.15) is 5.75 Å². The average Bonchev–Trinajstić information content (AvgIpc) is 2.28. The first kappa shape index (κ1) is 11.4. The molecule has 3 heteroatoms. The van der Waals surface area contributed by atoms with Crippen molar-refractivity contribution >= 4 is 0 Å². The molecule has 1 aromatic carbocycles. The Bertz CT molecular complexity index is 330. The molecule has 1 aliphatic heterocycles. The Morgan fingerprint density at radius 3 is 2.44 bits per heavy atom. The molecule has 1 heterocycles. The Kier molecular flexibility index (Phi) is 3.46. The Morgan fingerprint density at radius 2 is 1.94 bits per heavy atom. The topological polar surface area (TPSA) is 30.5 Å².